The summed E-state index contributed by atoms with van der Waals surface area (Å²) in [4.78, 5) is 40.6. The zero-order valence-electron chi connectivity index (χ0n) is 20.5. The van der Waals surface area contributed by atoms with E-state index in [1.165, 1.54) is 4.90 Å². The molecule has 8 heteroatoms. The second-order valence-corrected chi connectivity index (χ2v) is 9.93. The highest BCUT2D eigenvalue weighted by Crippen LogP contribution is 2.22. The maximum atomic E-state index is 13.5. The predicted molar refractivity (Wildman–Crippen MR) is 136 cm³/mol. The summed E-state index contributed by atoms with van der Waals surface area (Å²) >= 11 is 1.57. The lowest BCUT2D eigenvalue weighted by Gasteiger charge is -2.31. The summed E-state index contributed by atoms with van der Waals surface area (Å²) in [7, 11) is 1.59. The fraction of sp³-hybridized carbons (Fsp3) is 0.423. The first-order valence-corrected chi connectivity index (χ1v) is 12.6. The van der Waals surface area contributed by atoms with Crippen LogP contribution in [0.1, 0.15) is 44.4 Å². The molecule has 7 nitrogen and oxygen atoms in total. The average Bonchev–Trinajstić information content (AvgIpc) is 2.80. The van der Waals surface area contributed by atoms with E-state index in [0.29, 0.717) is 24.3 Å². The maximum absolute atomic E-state index is 13.5. The van der Waals surface area contributed by atoms with E-state index in [-0.39, 0.29) is 11.8 Å². The lowest BCUT2D eigenvalue weighted by atomic mass is 10.0. The minimum absolute atomic E-state index is 0.299. The van der Waals surface area contributed by atoms with Crippen LogP contribution in [0.4, 0.5) is 4.79 Å². The Morgan fingerprint density at radius 1 is 1.00 bits per heavy atom. The van der Waals surface area contributed by atoms with Crippen LogP contribution in [0.15, 0.2) is 60.7 Å². The van der Waals surface area contributed by atoms with Gasteiger partial charge in [-0.1, -0.05) is 60.7 Å². The molecule has 0 radical (unpaired) electrons. The summed E-state index contributed by atoms with van der Waals surface area (Å²) < 4.78 is 5.35. The zero-order valence-corrected chi connectivity index (χ0v) is 21.4. The number of ether oxygens (including phenoxy) is 1. The molecule has 3 amide bonds. The van der Waals surface area contributed by atoms with Gasteiger partial charge in [0.2, 0.25) is 11.8 Å². The maximum Gasteiger partial charge on any atom is 0.408 e. The lowest BCUT2D eigenvalue weighted by Crippen LogP contribution is -2.51. The quantitative estimate of drug-likeness (QED) is 0.528. The fourth-order valence-electron chi connectivity index (χ4n) is 3.38. The Balaban J connectivity index is 2.23. The van der Waals surface area contributed by atoms with Gasteiger partial charge in [0.1, 0.15) is 17.7 Å². The number of carbonyl (C=O) groups excluding carboxylic acids is 3. The van der Waals surface area contributed by atoms with Crippen LogP contribution in [0, 0.1) is 0 Å². The third kappa shape index (κ3) is 8.74. The first-order valence-electron chi connectivity index (χ1n) is 11.2. The van der Waals surface area contributed by atoms with Gasteiger partial charge in [-0.2, -0.15) is 11.8 Å². The van der Waals surface area contributed by atoms with Crippen LogP contribution in [0.2, 0.25) is 0 Å². The predicted octanol–water partition coefficient (Wildman–Crippen LogP) is 4.15. The molecular formula is C26H35N3O4S. The third-order valence-electron chi connectivity index (χ3n) is 5.01. The lowest BCUT2D eigenvalue weighted by molar-refractivity contribution is -0.140. The Hall–Kier alpha value is -3.00. The summed E-state index contributed by atoms with van der Waals surface area (Å²) in [6.45, 7) is 5.64. The number of benzene rings is 2. The van der Waals surface area contributed by atoms with Gasteiger partial charge in [0, 0.05) is 13.6 Å². The van der Waals surface area contributed by atoms with Crippen molar-refractivity contribution in [2.24, 2.45) is 0 Å². The van der Waals surface area contributed by atoms with Crippen molar-refractivity contribution in [3.63, 3.8) is 0 Å². The number of hydrogen-bond donors (Lipinski definition) is 2. The SMILES string of the molecule is CSCCC(NC(=O)OC(C)(C)C)C(=O)N(C)C(C(=O)NCc1ccccc1)c1ccccc1. The van der Waals surface area contributed by atoms with Crippen LogP contribution in [-0.2, 0) is 20.9 Å². The van der Waals surface area contributed by atoms with Crippen LogP contribution in [0.25, 0.3) is 0 Å². The molecule has 2 aromatic rings. The molecule has 34 heavy (non-hydrogen) atoms. The number of thioether (sulfide) groups is 1. The van der Waals surface area contributed by atoms with E-state index in [1.807, 2.05) is 66.9 Å². The molecule has 0 aromatic heterocycles. The van der Waals surface area contributed by atoms with Crippen LogP contribution in [-0.4, -0.2) is 53.5 Å². The molecule has 0 bridgehead atoms. The third-order valence-corrected chi connectivity index (χ3v) is 5.65. The van der Waals surface area contributed by atoms with E-state index >= 15 is 0 Å². The Morgan fingerprint density at radius 2 is 1.59 bits per heavy atom. The van der Waals surface area contributed by atoms with Gasteiger partial charge in [0.15, 0.2) is 0 Å². The van der Waals surface area contributed by atoms with Crippen molar-refractivity contribution in [2.45, 2.75) is 51.4 Å². The van der Waals surface area contributed by atoms with Crippen LogP contribution < -0.4 is 10.6 Å². The topological polar surface area (TPSA) is 87.7 Å². The second-order valence-electron chi connectivity index (χ2n) is 8.95. The molecule has 0 saturated carbocycles. The van der Waals surface area contributed by atoms with Crippen molar-refractivity contribution in [3.05, 3.63) is 71.8 Å². The largest absolute Gasteiger partial charge is 0.444 e. The molecule has 0 saturated heterocycles. The van der Waals surface area contributed by atoms with E-state index < -0.39 is 23.8 Å². The molecule has 184 valence electrons. The standard InChI is InChI=1S/C26H35N3O4S/c1-26(2,3)33-25(32)28-21(16-17-34-5)24(31)29(4)22(20-14-10-7-11-15-20)23(30)27-18-19-12-8-6-9-13-19/h6-15,21-22H,16-18H2,1-5H3,(H,27,30)(H,28,32). The summed E-state index contributed by atoms with van der Waals surface area (Å²) in [5, 5.41) is 5.63. The molecule has 0 fully saturated rings. The highest BCUT2D eigenvalue weighted by molar-refractivity contribution is 7.98. The van der Waals surface area contributed by atoms with Crippen molar-refractivity contribution < 1.29 is 19.1 Å². The monoisotopic (exact) mass is 485 g/mol. The van der Waals surface area contributed by atoms with Gasteiger partial charge in [0.05, 0.1) is 0 Å². The number of alkyl carbamates (subject to hydrolysis) is 1. The van der Waals surface area contributed by atoms with E-state index in [1.54, 1.807) is 39.6 Å². The molecule has 2 aromatic carbocycles. The summed E-state index contributed by atoms with van der Waals surface area (Å²) in [5.74, 6) is 0.00592. The molecule has 0 heterocycles. The van der Waals surface area contributed by atoms with E-state index in [2.05, 4.69) is 10.6 Å². The van der Waals surface area contributed by atoms with Crippen LogP contribution in [0.5, 0.6) is 0 Å². The Labute approximate surface area is 206 Å². The Morgan fingerprint density at radius 3 is 2.15 bits per heavy atom. The van der Waals surface area contributed by atoms with Gasteiger partial charge in [0.25, 0.3) is 0 Å². The number of carbonyl (C=O) groups is 3. The highest BCUT2D eigenvalue weighted by atomic mass is 32.2. The van der Waals surface area contributed by atoms with Crippen LogP contribution in [0.3, 0.4) is 0 Å². The van der Waals surface area contributed by atoms with Crippen LogP contribution >= 0.6 is 11.8 Å². The highest BCUT2D eigenvalue weighted by Gasteiger charge is 2.33. The van der Waals surface area contributed by atoms with Gasteiger partial charge in [-0.15, -0.1) is 0 Å². The molecule has 0 aliphatic heterocycles. The van der Waals surface area contributed by atoms with E-state index in [0.717, 1.165) is 5.56 Å². The van der Waals surface area contributed by atoms with Crippen molar-refractivity contribution in [1.82, 2.24) is 15.5 Å². The van der Waals surface area contributed by atoms with Gasteiger partial charge in [-0.3, -0.25) is 9.59 Å². The van der Waals surface area contributed by atoms with Gasteiger partial charge >= 0.3 is 6.09 Å². The minimum Gasteiger partial charge on any atom is -0.444 e. The fourth-order valence-corrected chi connectivity index (χ4v) is 3.86. The molecule has 0 spiro atoms. The molecular weight excluding hydrogens is 450 g/mol. The summed E-state index contributed by atoms with van der Waals surface area (Å²) in [6.07, 6.45) is 1.68. The molecule has 0 aliphatic rings. The average molecular weight is 486 g/mol. The molecule has 2 N–H and O–H groups in total. The molecule has 2 rings (SSSR count). The molecule has 2 atom stereocenters. The Kier molecular flexibility index (Phi) is 10.4. The van der Waals surface area contributed by atoms with E-state index in [9.17, 15) is 14.4 Å². The number of nitrogens with one attached hydrogen (secondary N) is 2. The Bertz CT molecular complexity index is 932. The zero-order chi connectivity index (χ0) is 25.1. The van der Waals surface area contributed by atoms with Crippen molar-refractivity contribution in [2.75, 3.05) is 19.1 Å². The summed E-state index contributed by atoms with van der Waals surface area (Å²) in [5.41, 5.74) is 0.957. The van der Waals surface area contributed by atoms with Gasteiger partial charge in [-0.25, -0.2) is 4.79 Å². The molecule has 0 aliphatic carbocycles. The van der Waals surface area contributed by atoms with Gasteiger partial charge < -0.3 is 20.3 Å². The smallest absolute Gasteiger partial charge is 0.408 e. The number of nitrogens with zero attached hydrogens (tertiary/aromatic N) is 1. The first-order chi connectivity index (χ1) is 16.1. The molecule has 2 unspecified atom stereocenters. The minimum atomic E-state index is -0.852. The van der Waals surface area contributed by atoms with Crippen molar-refractivity contribution >= 4 is 29.7 Å². The summed E-state index contributed by atoms with van der Waals surface area (Å²) in [6, 6.07) is 17.1. The van der Waals surface area contributed by atoms with Crippen molar-refractivity contribution in [3.8, 4) is 0 Å². The van der Waals surface area contributed by atoms with Crippen molar-refractivity contribution in [1.29, 1.82) is 0 Å². The number of hydrogen-bond acceptors (Lipinski definition) is 5. The second kappa shape index (κ2) is 13.0. The normalized spacial score (nSPS) is 12.9. The number of rotatable bonds is 10. The van der Waals surface area contributed by atoms with Gasteiger partial charge in [-0.05, 0) is 50.3 Å². The first kappa shape index (κ1) is 27.2. The van der Waals surface area contributed by atoms with E-state index in [4.69, 9.17) is 4.74 Å². The number of likely N-dealkylation sites (N-methyl/N-ethyl adjacent to an activating group) is 1. The number of amides is 3.